The molecule has 0 bridgehead atoms. The summed E-state index contributed by atoms with van der Waals surface area (Å²) in [5.74, 6) is -1.26. The monoisotopic (exact) mass is 286 g/mol. The van der Waals surface area contributed by atoms with E-state index in [0.717, 1.165) is 17.7 Å². The van der Waals surface area contributed by atoms with Crippen LogP contribution >= 0.6 is 11.3 Å². The van der Waals surface area contributed by atoms with Crippen LogP contribution in [0.1, 0.15) is 30.7 Å². The number of hydrogen-bond donors (Lipinski definition) is 4. The molecule has 0 saturated heterocycles. The normalized spacial score (nSPS) is 13.6. The van der Waals surface area contributed by atoms with E-state index in [4.69, 9.17) is 10.2 Å². The van der Waals surface area contributed by atoms with Crippen molar-refractivity contribution in [2.75, 3.05) is 6.61 Å². The van der Waals surface area contributed by atoms with E-state index in [1.54, 1.807) is 0 Å². The van der Waals surface area contributed by atoms with Crippen LogP contribution in [-0.2, 0) is 4.79 Å². The van der Waals surface area contributed by atoms with Crippen molar-refractivity contribution in [3.05, 3.63) is 22.4 Å². The summed E-state index contributed by atoms with van der Waals surface area (Å²) < 4.78 is 0. The van der Waals surface area contributed by atoms with Crippen LogP contribution in [0.15, 0.2) is 17.5 Å². The van der Waals surface area contributed by atoms with E-state index in [9.17, 15) is 9.59 Å². The van der Waals surface area contributed by atoms with Crippen molar-refractivity contribution in [2.24, 2.45) is 0 Å². The first-order valence-electron chi connectivity index (χ1n) is 6.02. The highest BCUT2D eigenvalue weighted by atomic mass is 32.1. The number of aliphatic hydroxyl groups is 1. The van der Waals surface area contributed by atoms with Crippen molar-refractivity contribution in [1.29, 1.82) is 0 Å². The van der Waals surface area contributed by atoms with Crippen molar-refractivity contribution < 1.29 is 19.8 Å². The molecule has 1 heterocycles. The number of carboxylic acids is 1. The number of nitrogens with one attached hydrogen (secondary N) is 2. The van der Waals surface area contributed by atoms with Crippen LogP contribution in [0.4, 0.5) is 4.79 Å². The summed E-state index contributed by atoms with van der Waals surface area (Å²) in [5, 5.41) is 24.5. The van der Waals surface area contributed by atoms with Crippen LogP contribution in [-0.4, -0.2) is 34.9 Å². The van der Waals surface area contributed by atoms with Gasteiger partial charge in [0.25, 0.3) is 0 Å². The molecule has 0 aliphatic carbocycles. The third kappa shape index (κ3) is 4.88. The maximum atomic E-state index is 11.7. The van der Waals surface area contributed by atoms with Gasteiger partial charge < -0.3 is 20.8 Å². The van der Waals surface area contributed by atoms with Crippen LogP contribution in [0.5, 0.6) is 0 Å². The zero-order valence-electron chi connectivity index (χ0n) is 10.6. The van der Waals surface area contributed by atoms with E-state index in [0.29, 0.717) is 0 Å². The lowest BCUT2D eigenvalue weighted by atomic mass is 10.1. The van der Waals surface area contributed by atoms with Crippen LogP contribution in [0.3, 0.4) is 0 Å². The van der Waals surface area contributed by atoms with Crippen molar-refractivity contribution >= 4 is 23.3 Å². The fourth-order valence-electron chi connectivity index (χ4n) is 1.61. The second-order valence-electron chi connectivity index (χ2n) is 4.05. The molecule has 0 fully saturated rings. The molecule has 6 nitrogen and oxygen atoms in total. The highest BCUT2D eigenvalue weighted by molar-refractivity contribution is 7.10. The van der Waals surface area contributed by atoms with E-state index < -0.39 is 24.6 Å². The molecule has 0 spiro atoms. The van der Waals surface area contributed by atoms with Gasteiger partial charge in [-0.25, -0.2) is 9.59 Å². The first kappa shape index (κ1) is 15.5. The smallest absolute Gasteiger partial charge is 0.328 e. The van der Waals surface area contributed by atoms with E-state index in [-0.39, 0.29) is 6.04 Å². The number of amides is 2. The Morgan fingerprint density at radius 2 is 2.16 bits per heavy atom. The standard InChI is InChI=1S/C12H18N2O4S/c1-2-4-8(10-5-3-6-19-10)13-12(18)14-9(7-15)11(16)17/h3,5-6,8-9,15H,2,4,7H2,1H3,(H,16,17)(H2,13,14,18)/t8?,9-/m1/s1. The maximum Gasteiger partial charge on any atom is 0.328 e. The number of carbonyl (C=O) groups excluding carboxylic acids is 1. The topological polar surface area (TPSA) is 98.7 Å². The number of carboxylic acid groups (broad SMARTS) is 1. The van der Waals surface area contributed by atoms with Gasteiger partial charge in [0.15, 0.2) is 6.04 Å². The summed E-state index contributed by atoms with van der Waals surface area (Å²) >= 11 is 1.54. The number of aliphatic hydroxyl groups excluding tert-OH is 1. The fourth-order valence-corrected chi connectivity index (χ4v) is 2.42. The van der Waals surface area contributed by atoms with Gasteiger partial charge in [0, 0.05) is 4.88 Å². The molecule has 0 radical (unpaired) electrons. The van der Waals surface area contributed by atoms with Crippen LogP contribution in [0.2, 0.25) is 0 Å². The number of aliphatic carboxylic acids is 1. The minimum atomic E-state index is -1.29. The lowest BCUT2D eigenvalue weighted by Gasteiger charge is -2.19. The van der Waals surface area contributed by atoms with E-state index in [1.807, 2.05) is 24.4 Å². The van der Waals surface area contributed by atoms with Gasteiger partial charge in [-0.1, -0.05) is 19.4 Å². The molecule has 2 amide bonds. The van der Waals surface area contributed by atoms with E-state index >= 15 is 0 Å². The summed E-state index contributed by atoms with van der Waals surface area (Å²) in [5.41, 5.74) is 0. The predicted octanol–water partition coefficient (Wildman–Crippen LogP) is 1.33. The molecule has 2 atom stereocenters. The summed E-state index contributed by atoms with van der Waals surface area (Å²) in [6.07, 6.45) is 1.66. The lowest BCUT2D eigenvalue weighted by Crippen LogP contribution is -2.48. The molecule has 0 aliphatic rings. The minimum Gasteiger partial charge on any atom is -0.480 e. The molecule has 106 valence electrons. The Morgan fingerprint density at radius 3 is 2.63 bits per heavy atom. The van der Waals surface area contributed by atoms with Crippen LogP contribution in [0.25, 0.3) is 0 Å². The van der Waals surface area contributed by atoms with Gasteiger partial charge in [-0.15, -0.1) is 11.3 Å². The number of hydrogen-bond acceptors (Lipinski definition) is 4. The Balaban J connectivity index is 2.59. The average molecular weight is 286 g/mol. The Morgan fingerprint density at radius 1 is 1.42 bits per heavy atom. The fraction of sp³-hybridized carbons (Fsp3) is 0.500. The summed E-state index contributed by atoms with van der Waals surface area (Å²) in [6.45, 7) is 1.37. The van der Waals surface area contributed by atoms with Gasteiger partial charge in [-0.2, -0.15) is 0 Å². The number of carbonyl (C=O) groups is 2. The van der Waals surface area contributed by atoms with Gasteiger partial charge in [0.2, 0.25) is 0 Å². The second-order valence-corrected chi connectivity index (χ2v) is 5.03. The molecule has 1 rings (SSSR count). The molecular formula is C12H18N2O4S. The van der Waals surface area contributed by atoms with Gasteiger partial charge >= 0.3 is 12.0 Å². The van der Waals surface area contributed by atoms with Gasteiger partial charge in [-0.05, 0) is 17.9 Å². The molecule has 0 aliphatic heterocycles. The molecular weight excluding hydrogens is 268 g/mol. The van der Waals surface area contributed by atoms with Gasteiger partial charge in [0.05, 0.1) is 12.6 Å². The second kappa shape index (κ2) is 7.75. The maximum absolute atomic E-state index is 11.7. The SMILES string of the molecule is CCCC(NC(=O)N[C@H](CO)C(=O)O)c1cccs1. The third-order valence-corrected chi connectivity index (χ3v) is 3.54. The highest BCUT2D eigenvalue weighted by Gasteiger charge is 2.21. The average Bonchev–Trinajstić information content (AvgIpc) is 2.88. The van der Waals surface area contributed by atoms with Crippen molar-refractivity contribution in [1.82, 2.24) is 10.6 Å². The molecule has 7 heteroatoms. The molecule has 0 saturated carbocycles. The quantitative estimate of drug-likeness (QED) is 0.608. The van der Waals surface area contributed by atoms with Crippen LogP contribution < -0.4 is 10.6 Å². The molecule has 1 aromatic rings. The Kier molecular flexibility index (Phi) is 6.31. The number of urea groups is 1. The first-order valence-corrected chi connectivity index (χ1v) is 6.90. The van der Waals surface area contributed by atoms with Crippen molar-refractivity contribution in [3.63, 3.8) is 0 Å². The molecule has 1 unspecified atom stereocenters. The summed E-state index contributed by atoms with van der Waals surface area (Å²) in [7, 11) is 0. The Labute approximate surface area is 115 Å². The summed E-state index contributed by atoms with van der Waals surface area (Å²) in [6, 6.07) is 1.80. The zero-order chi connectivity index (χ0) is 14.3. The largest absolute Gasteiger partial charge is 0.480 e. The third-order valence-electron chi connectivity index (χ3n) is 2.56. The lowest BCUT2D eigenvalue weighted by molar-refractivity contribution is -0.140. The predicted molar refractivity (Wildman–Crippen MR) is 72.1 cm³/mol. The molecule has 1 aromatic heterocycles. The molecule has 0 aromatic carbocycles. The Hall–Kier alpha value is -1.60. The van der Waals surface area contributed by atoms with E-state index in [2.05, 4.69) is 10.6 Å². The molecule has 19 heavy (non-hydrogen) atoms. The minimum absolute atomic E-state index is 0.141. The van der Waals surface area contributed by atoms with Gasteiger partial charge in [-0.3, -0.25) is 0 Å². The number of thiophene rings is 1. The Bertz CT molecular complexity index is 408. The van der Waals surface area contributed by atoms with E-state index in [1.165, 1.54) is 11.3 Å². The van der Waals surface area contributed by atoms with Crippen molar-refractivity contribution in [3.8, 4) is 0 Å². The summed E-state index contributed by atoms with van der Waals surface area (Å²) in [4.78, 5) is 23.4. The molecule has 4 N–H and O–H groups in total. The first-order chi connectivity index (χ1) is 9.08. The highest BCUT2D eigenvalue weighted by Crippen LogP contribution is 2.22. The van der Waals surface area contributed by atoms with Gasteiger partial charge in [0.1, 0.15) is 0 Å². The van der Waals surface area contributed by atoms with Crippen LogP contribution in [0, 0.1) is 0 Å². The van der Waals surface area contributed by atoms with Crippen molar-refractivity contribution in [2.45, 2.75) is 31.8 Å². The zero-order valence-corrected chi connectivity index (χ0v) is 11.4. The number of rotatable bonds is 7.